The van der Waals surface area contributed by atoms with E-state index in [1.54, 1.807) is 6.92 Å². The largest absolute Gasteiger partial charge is 1.00 e. The monoisotopic (exact) mass is 383 g/mol. The van der Waals surface area contributed by atoms with Crippen LogP contribution in [-0.2, 0) is 19.6 Å². The molecule has 3 unspecified atom stereocenters. The van der Waals surface area contributed by atoms with Crippen molar-refractivity contribution in [3.63, 3.8) is 0 Å². The summed E-state index contributed by atoms with van der Waals surface area (Å²) in [6.45, 7) is 2.81. The number of hydrogen-bond donors (Lipinski definition) is 2. The second-order valence-corrected chi connectivity index (χ2v) is 6.96. The van der Waals surface area contributed by atoms with Crippen LogP contribution in [-0.4, -0.2) is 53.5 Å². The van der Waals surface area contributed by atoms with Crippen molar-refractivity contribution < 1.29 is 62.3 Å². The van der Waals surface area contributed by atoms with Gasteiger partial charge >= 0.3 is 35.5 Å². The maximum atomic E-state index is 11.9. The summed E-state index contributed by atoms with van der Waals surface area (Å²) in [6.07, 6.45) is 0.987. The van der Waals surface area contributed by atoms with Crippen molar-refractivity contribution in [2.24, 2.45) is 5.92 Å². The number of aliphatic hydroxyl groups is 2. The smallest absolute Gasteiger partial charge is 0.744 e. The first-order valence-corrected chi connectivity index (χ1v) is 8.97. The third-order valence-corrected chi connectivity index (χ3v) is 4.45. The number of pyridine rings is 1. The Kier molecular flexibility index (Phi) is 11.0. The molecule has 0 fully saturated rings. The van der Waals surface area contributed by atoms with Gasteiger partial charge in [0, 0.05) is 17.8 Å². The van der Waals surface area contributed by atoms with E-state index >= 15 is 0 Å². The molecule has 0 saturated carbocycles. The van der Waals surface area contributed by atoms with Gasteiger partial charge in [-0.15, -0.1) is 0 Å². The fraction of sp³-hybridized carbons (Fsp3) is 0.600. The molecule has 10 heteroatoms. The fourth-order valence-electron chi connectivity index (χ4n) is 2.17. The molecule has 0 spiro atoms. The van der Waals surface area contributed by atoms with Crippen LogP contribution < -0.4 is 29.6 Å². The molecule has 0 aliphatic rings. The Morgan fingerprint density at radius 1 is 1.40 bits per heavy atom. The summed E-state index contributed by atoms with van der Waals surface area (Å²) in [4.78, 5) is 15.5. The van der Waals surface area contributed by atoms with Crippen molar-refractivity contribution in [3.8, 4) is 0 Å². The van der Waals surface area contributed by atoms with Gasteiger partial charge in [-0.25, -0.2) is 8.42 Å². The quantitative estimate of drug-likeness (QED) is 0.269. The van der Waals surface area contributed by atoms with Crippen LogP contribution in [0.15, 0.2) is 23.2 Å². The van der Waals surface area contributed by atoms with Crippen LogP contribution in [0.2, 0.25) is 0 Å². The summed E-state index contributed by atoms with van der Waals surface area (Å²) in [6, 6.07) is 2.67. The Balaban J connectivity index is 0.00000576. The van der Waals surface area contributed by atoms with Crippen LogP contribution in [0.3, 0.4) is 0 Å². The summed E-state index contributed by atoms with van der Waals surface area (Å²) in [7, 11) is -4.54. The number of ether oxygens (including phenoxy) is 1. The minimum absolute atomic E-state index is 0. The molecule has 0 aliphatic carbocycles. The zero-order valence-electron chi connectivity index (χ0n) is 14.6. The van der Waals surface area contributed by atoms with Gasteiger partial charge in [0.25, 0.3) is 0 Å². The van der Waals surface area contributed by atoms with Gasteiger partial charge in [-0.05, 0) is 25.0 Å². The van der Waals surface area contributed by atoms with Crippen molar-refractivity contribution >= 4 is 16.1 Å². The van der Waals surface area contributed by atoms with Crippen molar-refractivity contribution in [2.45, 2.75) is 43.6 Å². The van der Waals surface area contributed by atoms with E-state index in [2.05, 4.69) is 4.98 Å². The molecule has 0 bridgehead atoms. The first-order valence-electron chi connectivity index (χ1n) is 7.56. The molecule has 8 nitrogen and oxygen atoms in total. The molecule has 0 amide bonds. The van der Waals surface area contributed by atoms with Gasteiger partial charge < -0.3 is 19.5 Å². The number of rotatable bonds is 9. The second-order valence-electron chi connectivity index (χ2n) is 5.58. The Labute approximate surface area is 169 Å². The van der Waals surface area contributed by atoms with E-state index in [0.29, 0.717) is 18.5 Å². The van der Waals surface area contributed by atoms with E-state index in [-0.39, 0.29) is 42.1 Å². The molecular weight excluding hydrogens is 361 g/mol. The Bertz CT molecular complexity index is 636. The van der Waals surface area contributed by atoms with Crippen molar-refractivity contribution in [1.82, 2.24) is 4.98 Å². The first kappa shape index (κ1) is 24.5. The summed E-state index contributed by atoms with van der Waals surface area (Å²) in [5.41, 5.74) is 0.583. The van der Waals surface area contributed by atoms with Crippen LogP contribution in [0.5, 0.6) is 0 Å². The molecule has 1 aromatic rings. The summed E-state index contributed by atoms with van der Waals surface area (Å²) >= 11 is 0. The zero-order chi connectivity index (χ0) is 18.3. The fourth-order valence-corrected chi connectivity index (χ4v) is 2.59. The number of carbonyl (C=O) groups excluding carboxylic acids is 1. The number of aliphatic hydroxyl groups excluding tert-OH is 2. The van der Waals surface area contributed by atoms with Crippen LogP contribution in [0.4, 0.5) is 0 Å². The molecule has 1 heterocycles. The molecule has 1 rings (SSSR count). The molecule has 0 aliphatic heterocycles. The van der Waals surface area contributed by atoms with Gasteiger partial charge in [0.15, 0.2) is 0 Å². The van der Waals surface area contributed by atoms with Crippen molar-refractivity contribution in [3.05, 3.63) is 24.0 Å². The van der Waals surface area contributed by atoms with Crippen LogP contribution in [0, 0.1) is 5.92 Å². The van der Waals surface area contributed by atoms with E-state index < -0.39 is 39.6 Å². The van der Waals surface area contributed by atoms with Crippen molar-refractivity contribution in [2.75, 3.05) is 13.2 Å². The molecule has 0 radical (unpaired) electrons. The first-order chi connectivity index (χ1) is 11.2. The number of carbonyl (C=O) groups is 1. The number of esters is 1. The van der Waals surface area contributed by atoms with Crippen LogP contribution in [0.25, 0.3) is 0 Å². The molecule has 0 saturated heterocycles. The normalized spacial score (nSPS) is 14.9. The van der Waals surface area contributed by atoms with Gasteiger partial charge in [-0.2, -0.15) is 0 Å². The summed E-state index contributed by atoms with van der Waals surface area (Å²) in [5.74, 6) is -1.08. The molecule has 2 N–H and O–H groups in total. The minimum atomic E-state index is -4.54. The third-order valence-electron chi connectivity index (χ3n) is 3.63. The third kappa shape index (κ3) is 8.12. The van der Waals surface area contributed by atoms with Gasteiger partial charge in [0.05, 0.1) is 17.4 Å². The molecule has 25 heavy (non-hydrogen) atoms. The van der Waals surface area contributed by atoms with E-state index in [4.69, 9.17) is 9.84 Å². The van der Waals surface area contributed by atoms with E-state index in [0.717, 1.165) is 6.20 Å². The maximum absolute atomic E-state index is 11.9. The standard InChI is InChI=1S/C15H23NO7S.Na/c1-3-11(6-10(2)15(19)23-9-12(18)8-17)14-5-4-13(7-16-14)24(20,21)22;/h4-5,7,10-12,17-18H,3,6,8-9H2,1-2H3,(H,20,21,22);/q;+1/p-1. The molecule has 1 aromatic heterocycles. The Morgan fingerprint density at radius 3 is 2.48 bits per heavy atom. The second kappa shape index (κ2) is 11.2. The topological polar surface area (TPSA) is 137 Å². The molecule has 136 valence electrons. The Hall–Kier alpha value is -0.550. The van der Waals surface area contributed by atoms with Crippen molar-refractivity contribution in [1.29, 1.82) is 0 Å². The maximum Gasteiger partial charge on any atom is 1.00 e. The molecule has 0 aromatic carbocycles. The van der Waals surface area contributed by atoms with Gasteiger partial charge in [-0.3, -0.25) is 9.78 Å². The van der Waals surface area contributed by atoms with E-state index in [9.17, 15) is 22.9 Å². The van der Waals surface area contributed by atoms with Gasteiger partial charge in [0.2, 0.25) is 0 Å². The predicted octanol–water partition coefficient (Wildman–Crippen LogP) is -2.59. The SMILES string of the molecule is CCC(CC(C)C(=O)OCC(O)CO)c1ccc(S(=O)(=O)[O-])cn1.[Na+]. The number of nitrogens with zero attached hydrogens (tertiary/aromatic N) is 1. The zero-order valence-corrected chi connectivity index (χ0v) is 17.4. The summed E-state index contributed by atoms with van der Waals surface area (Å²) < 4.78 is 37.6. The molecular formula is C15H22NNaO7S. The summed E-state index contributed by atoms with van der Waals surface area (Å²) in [5, 5.41) is 17.9. The predicted molar refractivity (Wildman–Crippen MR) is 83.1 cm³/mol. The van der Waals surface area contributed by atoms with E-state index in [1.165, 1.54) is 12.1 Å². The molecule has 3 atom stereocenters. The minimum Gasteiger partial charge on any atom is -0.744 e. The van der Waals surface area contributed by atoms with Gasteiger partial charge in [0.1, 0.15) is 22.8 Å². The number of aromatic nitrogens is 1. The average Bonchev–Trinajstić information content (AvgIpc) is 2.56. The van der Waals surface area contributed by atoms with E-state index in [1.807, 2.05) is 6.92 Å². The van der Waals surface area contributed by atoms with Gasteiger partial charge in [-0.1, -0.05) is 13.8 Å². The number of hydrogen-bond acceptors (Lipinski definition) is 8. The van der Waals surface area contributed by atoms with Crippen LogP contribution in [0.1, 0.15) is 38.3 Å². The Morgan fingerprint density at radius 2 is 2.04 bits per heavy atom. The average molecular weight is 383 g/mol. The van der Waals surface area contributed by atoms with Crippen LogP contribution >= 0.6 is 0 Å².